The van der Waals surface area contributed by atoms with Gasteiger partial charge in [-0.1, -0.05) is 20.3 Å². The van der Waals surface area contributed by atoms with Crippen LogP contribution in [0.1, 0.15) is 65.2 Å². The molecule has 0 heterocycles. The monoisotopic (exact) mass is 222 g/mol. The highest BCUT2D eigenvalue weighted by atomic mass is 16.1. The lowest BCUT2D eigenvalue weighted by Gasteiger charge is -2.36. The Bertz CT molecular complexity index is 236. The van der Waals surface area contributed by atoms with Gasteiger partial charge in [0.2, 0.25) is 0 Å². The number of carbonyl (C=O) groups is 1. The molecule has 0 N–H and O–H groups in total. The van der Waals surface area contributed by atoms with Gasteiger partial charge in [-0.3, -0.25) is 4.79 Å². The maximum Gasteiger partial charge on any atom is 0.133 e. The number of ketones is 1. The third-order valence-corrected chi connectivity index (χ3v) is 4.65. The summed E-state index contributed by atoms with van der Waals surface area (Å²) in [5.74, 6) is 3.87. The zero-order chi connectivity index (χ0) is 11.5. The summed E-state index contributed by atoms with van der Waals surface area (Å²) in [6.07, 6.45) is 9.65. The molecule has 2 aliphatic carbocycles. The van der Waals surface area contributed by atoms with Gasteiger partial charge in [0.1, 0.15) is 5.78 Å². The third kappa shape index (κ3) is 3.09. The first-order valence-corrected chi connectivity index (χ1v) is 7.17. The van der Waals surface area contributed by atoms with Crippen LogP contribution in [-0.4, -0.2) is 5.78 Å². The lowest BCUT2D eigenvalue weighted by molar-refractivity contribution is -0.120. The SMILES string of the molecule is CC1CC(C)CC(C2CCCCC(=O)C2)C1. The second-order valence-electron chi connectivity index (χ2n) is 6.43. The van der Waals surface area contributed by atoms with Crippen LogP contribution in [0.15, 0.2) is 0 Å². The molecule has 16 heavy (non-hydrogen) atoms. The van der Waals surface area contributed by atoms with Gasteiger partial charge in [-0.2, -0.15) is 0 Å². The summed E-state index contributed by atoms with van der Waals surface area (Å²) in [7, 11) is 0. The summed E-state index contributed by atoms with van der Waals surface area (Å²) in [5, 5.41) is 0. The Hall–Kier alpha value is -0.330. The second kappa shape index (κ2) is 5.33. The van der Waals surface area contributed by atoms with Gasteiger partial charge >= 0.3 is 0 Å². The van der Waals surface area contributed by atoms with Crippen molar-refractivity contribution in [3.8, 4) is 0 Å². The van der Waals surface area contributed by atoms with Crippen LogP contribution in [0.4, 0.5) is 0 Å². The van der Waals surface area contributed by atoms with E-state index in [1.54, 1.807) is 0 Å². The first-order valence-electron chi connectivity index (χ1n) is 7.17. The molecule has 1 nitrogen and oxygen atoms in total. The molecule has 92 valence electrons. The molecule has 2 rings (SSSR count). The molecular formula is C15H26O. The Morgan fingerprint density at radius 2 is 1.62 bits per heavy atom. The van der Waals surface area contributed by atoms with Gasteiger partial charge in [-0.15, -0.1) is 0 Å². The Balaban J connectivity index is 1.96. The van der Waals surface area contributed by atoms with Gasteiger partial charge in [0, 0.05) is 12.8 Å². The van der Waals surface area contributed by atoms with E-state index in [0.29, 0.717) is 5.78 Å². The van der Waals surface area contributed by atoms with Gasteiger partial charge in [-0.05, 0) is 55.8 Å². The fourth-order valence-electron chi connectivity index (χ4n) is 4.02. The maximum atomic E-state index is 11.7. The number of Topliss-reactive ketones (excluding diaryl/α,β-unsaturated/α-hetero) is 1. The summed E-state index contributed by atoms with van der Waals surface area (Å²) in [6, 6.07) is 0. The van der Waals surface area contributed by atoms with Crippen molar-refractivity contribution in [2.24, 2.45) is 23.7 Å². The molecule has 0 saturated heterocycles. The Labute approximate surface area is 100.0 Å². The van der Waals surface area contributed by atoms with Crippen molar-refractivity contribution in [3.63, 3.8) is 0 Å². The molecule has 3 unspecified atom stereocenters. The minimum Gasteiger partial charge on any atom is -0.300 e. The molecular weight excluding hydrogens is 196 g/mol. The first kappa shape index (κ1) is 12.1. The average Bonchev–Trinajstić information content (AvgIpc) is 2.41. The van der Waals surface area contributed by atoms with Crippen molar-refractivity contribution in [1.82, 2.24) is 0 Å². The highest BCUT2D eigenvalue weighted by Gasteiger charge is 2.31. The van der Waals surface area contributed by atoms with Gasteiger partial charge in [-0.25, -0.2) is 0 Å². The molecule has 0 aliphatic heterocycles. The molecule has 0 spiro atoms. The molecule has 0 aromatic rings. The normalized spacial score (nSPS) is 41.8. The summed E-state index contributed by atoms with van der Waals surface area (Å²) in [4.78, 5) is 11.7. The van der Waals surface area contributed by atoms with Gasteiger partial charge < -0.3 is 0 Å². The van der Waals surface area contributed by atoms with E-state index < -0.39 is 0 Å². The van der Waals surface area contributed by atoms with Crippen molar-refractivity contribution in [1.29, 1.82) is 0 Å². The lowest BCUT2D eigenvalue weighted by Crippen LogP contribution is -2.26. The fraction of sp³-hybridized carbons (Fsp3) is 0.933. The van der Waals surface area contributed by atoms with Crippen LogP contribution < -0.4 is 0 Å². The van der Waals surface area contributed by atoms with Crippen LogP contribution in [-0.2, 0) is 4.79 Å². The molecule has 0 amide bonds. The van der Waals surface area contributed by atoms with E-state index in [0.717, 1.165) is 42.9 Å². The summed E-state index contributed by atoms with van der Waals surface area (Å²) in [6.45, 7) is 4.78. The van der Waals surface area contributed by atoms with E-state index in [-0.39, 0.29) is 0 Å². The molecule has 3 atom stereocenters. The predicted octanol–water partition coefficient (Wildman–Crippen LogP) is 4.21. The molecule has 2 saturated carbocycles. The quantitative estimate of drug-likeness (QED) is 0.607. The molecule has 2 aliphatic rings. The number of hydrogen-bond donors (Lipinski definition) is 0. The zero-order valence-corrected chi connectivity index (χ0v) is 10.9. The minimum atomic E-state index is 0.536. The standard InChI is InChI=1S/C15H26O/c1-11-7-12(2)9-14(8-11)13-5-3-4-6-15(16)10-13/h11-14H,3-10H2,1-2H3. The summed E-state index contributed by atoms with van der Waals surface area (Å²) >= 11 is 0. The minimum absolute atomic E-state index is 0.536. The van der Waals surface area contributed by atoms with Gasteiger partial charge in [0.15, 0.2) is 0 Å². The molecule has 2 fully saturated rings. The molecule has 0 bridgehead atoms. The maximum absolute atomic E-state index is 11.7. The van der Waals surface area contributed by atoms with Gasteiger partial charge in [0.25, 0.3) is 0 Å². The number of hydrogen-bond acceptors (Lipinski definition) is 1. The van der Waals surface area contributed by atoms with Crippen LogP contribution in [0.2, 0.25) is 0 Å². The predicted molar refractivity (Wildman–Crippen MR) is 67.3 cm³/mol. The smallest absolute Gasteiger partial charge is 0.133 e. The summed E-state index contributed by atoms with van der Waals surface area (Å²) < 4.78 is 0. The van der Waals surface area contributed by atoms with E-state index >= 15 is 0 Å². The highest BCUT2D eigenvalue weighted by Crippen LogP contribution is 2.40. The third-order valence-electron chi connectivity index (χ3n) is 4.65. The van der Waals surface area contributed by atoms with Crippen molar-refractivity contribution in [2.75, 3.05) is 0 Å². The zero-order valence-electron chi connectivity index (χ0n) is 10.9. The number of rotatable bonds is 1. The topological polar surface area (TPSA) is 17.1 Å². The lowest BCUT2D eigenvalue weighted by atomic mass is 9.70. The van der Waals surface area contributed by atoms with Crippen LogP contribution in [0.5, 0.6) is 0 Å². The Morgan fingerprint density at radius 3 is 2.31 bits per heavy atom. The van der Waals surface area contributed by atoms with Crippen molar-refractivity contribution >= 4 is 5.78 Å². The van der Waals surface area contributed by atoms with Crippen LogP contribution in [0, 0.1) is 23.7 Å². The number of carbonyl (C=O) groups excluding carboxylic acids is 1. The molecule has 0 aromatic heterocycles. The molecule has 0 aromatic carbocycles. The summed E-state index contributed by atoms with van der Waals surface area (Å²) in [5.41, 5.74) is 0. The molecule has 0 radical (unpaired) electrons. The highest BCUT2D eigenvalue weighted by molar-refractivity contribution is 5.78. The molecule has 1 heteroatoms. The van der Waals surface area contributed by atoms with E-state index in [1.807, 2.05) is 0 Å². The van der Waals surface area contributed by atoms with Gasteiger partial charge in [0.05, 0.1) is 0 Å². The van der Waals surface area contributed by atoms with E-state index in [1.165, 1.54) is 32.1 Å². The average molecular weight is 222 g/mol. The van der Waals surface area contributed by atoms with E-state index in [2.05, 4.69) is 13.8 Å². The van der Waals surface area contributed by atoms with E-state index in [9.17, 15) is 4.79 Å². The van der Waals surface area contributed by atoms with Crippen molar-refractivity contribution < 1.29 is 4.79 Å². The van der Waals surface area contributed by atoms with Crippen LogP contribution >= 0.6 is 0 Å². The Kier molecular flexibility index (Phi) is 4.05. The van der Waals surface area contributed by atoms with Crippen molar-refractivity contribution in [3.05, 3.63) is 0 Å². The van der Waals surface area contributed by atoms with E-state index in [4.69, 9.17) is 0 Å². The Morgan fingerprint density at radius 1 is 0.938 bits per heavy atom. The fourth-order valence-corrected chi connectivity index (χ4v) is 4.02. The van der Waals surface area contributed by atoms with Crippen LogP contribution in [0.25, 0.3) is 0 Å². The van der Waals surface area contributed by atoms with Crippen LogP contribution in [0.3, 0.4) is 0 Å². The first-order chi connectivity index (χ1) is 7.65. The largest absolute Gasteiger partial charge is 0.300 e. The second-order valence-corrected chi connectivity index (χ2v) is 6.43. The van der Waals surface area contributed by atoms with Crippen molar-refractivity contribution in [2.45, 2.75) is 65.2 Å².